The van der Waals surface area contributed by atoms with Crippen molar-refractivity contribution in [2.75, 3.05) is 0 Å². The summed E-state index contributed by atoms with van der Waals surface area (Å²) in [5.74, 6) is 0.942. The highest BCUT2D eigenvalue weighted by atomic mass is 16.3. The third kappa shape index (κ3) is 7.86. The van der Waals surface area contributed by atoms with Gasteiger partial charge in [-0.3, -0.25) is 4.79 Å². The molecular weight excluding hydrogens is 224 g/mol. The van der Waals surface area contributed by atoms with Gasteiger partial charge < -0.3 is 5.11 Å². The van der Waals surface area contributed by atoms with Gasteiger partial charge in [0.25, 0.3) is 0 Å². The van der Waals surface area contributed by atoms with Crippen LogP contribution in [0.2, 0.25) is 0 Å². The minimum atomic E-state index is -0.180. The van der Waals surface area contributed by atoms with Gasteiger partial charge in [0.2, 0.25) is 0 Å². The minimum absolute atomic E-state index is 0.180. The van der Waals surface area contributed by atoms with Crippen LogP contribution in [0.1, 0.15) is 84.0 Å². The lowest BCUT2D eigenvalue weighted by molar-refractivity contribution is -0.120. The monoisotopic (exact) mass is 254 g/mol. The molecule has 18 heavy (non-hydrogen) atoms. The lowest BCUT2D eigenvalue weighted by Gasteiger charge is -2.11. The number of hydrogen-bond donors (Lipinski definition) is 1. The van der Waals surface area contributed by atoms with Crippen molar-refractivity contribution >= 4 is 5.78 Å². The molecule has 0 bridgehead atoms. The molecule has 1 aliphatic rings. The van der Waals surface area contributed by atoms with Gasteiger partial charge in [-0.2, -0.15) is 0 Å². The minimum Gasteiger partial charge on any atom is -0.393 e. The molecule has 0 saturated heterocycles. The molecule has 0 aromatic carbocycles. The van der Waals surface area contributed by atoms with Gasteiger partial charge in [0.15, 0.2) is 0 Å². The molecule has 1 aliphatic carbocycles. The summed E-state index contributed by atoms with van der Waals surface area (Å²) in [5, 5.41) is 9.80. The second-order valence-corrected chi connectivity index (χ2v) is 6.09. The normalized spacial score (nSPS) is 30.4. The standard InChI is InChI=1S/C16H30O2/c1-14-9-6-4-2-3-5-7-10-15(17)11-8-12-16(18)13-14/h14-15,17H,2-13H2,1H3. The van der Waals surface area contributed by atoms with Crippen LogP contribution in [0.15, 0.2) is 0 Å². The average molecular weight is 254 g/mol. The highest BCUT2D eigenvalue weighted by molar-refractivity contribution is 5.78. The molecule has 2 unspecified atom stereocenters. The molecule has 0 heterocycles. The molecule has 1 fully saturated rings. The van der Waals surface area contributed by atoms with E-state index in [9.17, 15) is 9.90 Å². The van der Waals surface area contributed by atoms with E-state index < -0.39 is 0 Å². The van der Waals surface area contributed by atoms with Crippen LogP contribution in [0.3, 0.4) is 0 Å². The van der Waals surface area contributed by atoms with Crippen molar-refractivity contribution < 1.29 is 9.90 Å². The van der Waals surface area contributed by atoms with E-state index in [1.54, 1.807) is 0 Å². The predicted octanol–water partition coefficient (Wildman–Crippen LogP) is 4.25. The third-order valence-electron chi connectivity index (χ3n) is 4.05. The van der Waals surface area contributed by atoms with E-state index in [0.717, 1.165) is 32.1 Å². The number of aliphatic hydroxyl groups is 1. The molecule has 0 aliphatic heterocycles. The number of carbonyl (C=O) groups is 1. The van der Waals surface area contributed by atoms with Crippen LogP contribution in [0.5, 0.6) is 0 Å². The Kier molecular flexibility index (Phi) is 8.32. The number of hydrogen-bond acceptors (Lipinski definition) is 2. The molecule has 0 aromatic heterocycles. The lowest BCUT2D eigenvalue weighted by atomic mass is 9.95. The first-order valence-corrected chi connectivity index (χ1v) is 7.88. The van der Waals surface area contributed by atoms with Crippen molar-refractivity contribution in [2.45, 2.75) is 90.1 Å². The van der Waals surface area contributed by atoms with Gasteiger partial charge in [-0.25, -0.2) is 0 Å². The number of ketones is 1. The quantitative estimate of drug-likeness (QED) is 0.701. The summed E-state index contributed by atoms with van der Waals surface area (Å²) in [6.45, 7) is 2.20. The maximum Gasteiger partial charge on any atom is 0.133 e. The summed E-state index contributed by atoms with van der Waals surface area (Å²) >= 11 is 0. The van der Waals surface area contributed by atoms with Crippen LogP contribution in [-0.2, 0) is 4.79 Å². The molecule has 0 spiro atoms. The zero-order chi connectivity index (χ0) is 13.2. The Morgan fingerprint density at radius 2 is 1.44 bits per heavy atom. The molecule has 1 saturated carbocycles. The Balaban J connectivity index is 2.31. The summed E-state index contributed by atoms with van der Waals surface area (Å²) in [4.78, 5) is 11.8. The highest BCUT2D eigenvalue weighted by Crippen LogP contribution is 2.18. The summed E-state index contributed by atoms with van der Waals surface area (Å²) in [6.07, 6.45) is 12.6. The molecule has 0 radical (unpaired) electrons. The van der Waals surface area contributed by atoms with Gasteiger partial charge in [0.05, 0.1) is 6.10 Å². The van der Waals surface area contributed by atoms with Gasteiger partial charge in [-0.05, 0) is 25.2 Å². The van der Waals surface area contributed by atoms with Crippen LogP contribution < -0.4 is 0 Å². The number of carbonyl (C=O) groups excluding carboxylic acids is 1. The third-order valence-corrected chi connectivity index (χ3v) is 4.05. The van der Waals surface area contributed by atoms with E-state index in [4.69, 9.17) is 0 Å². The molecule has 106 valence electrons. The van der Waals surface area contributed by atoms with E-state index in [0.29, 0.717) is 18.1 Å². The van der Waals surface area contributed by atoms with Crippen molar-refractivity contribution in [2.24, 2.45) is 5.92 Å². The predicted molar refractivity (Wildman–Crippen MR) is 75.6 cm³/mol. The Morgan fingerprint density at radius 1 is 0.889 bits per heavy atom. The molecule has 0 aromatic rings. The number of Topliss-reactive ketones (excluding diaryl/α,β-unsaturated/α-hetero) is 1. The zero-order valence-electron chi connectivity index (χ0n) is 12.0. The van der Waals surface area contributed by atoms with Crippen molar-refractivity contribution in [1.82, 2.24) is 0 Å². The fraction of sp³-hybridized carbons (Fsp3) is 0.938. The largest absolute Gasteiger partial charge is 0.393 e. The topological polar surface area (TPSA) is 37.3 Å². The molecule has 0 amide bonds. The fourth-order valence-electron chi connectivity index (χ4n) is 2.85. The van der Waals surface area contributed by atoms with Gasteiger partial charge in [-0.15, -0.1) is 0 Å². The number of rotatable bonds is 0. The number of aliphatic hydroxyl groups excluding tert-OH is 1. The van der Waals surface area contributed by atoms with E-state index in [1.165, 1.54) is 38.5 Å². The second-order valence-electron chi connectivity index (χ2n) is 6.09. The van der Waals surface area contributed by atoms with Crippen LogP contribution in [-0.4, -0.2) is 17.0 Å². The molecule has 1 rings (SSSR count). The van der Waals surface area contributed by atoms with E-state index in [2.05, 4.69) is 6.92 Å². The van der Waals surface area contributed by atoms with Gasteiger partial charge in [0.1, 0.15) is 5.78 Å². The van der Waals surface area contributed by atoms with Crippen molar-refractivity contribution in [3.63, 3.8) is 0 Å². The first-order chi connectivity index (χ1) is 8.68. The summed E-state index contributed by atoms with van der Waals surface area (Å²) in [7, 11) is 0. The summed E-state index contributed by atoms with van der Waals surface area (Å²) < 4.78 is 0. The van der Waals surface area contributed by atoms with Gasteiger partial charge in [-0.1, -0.05) is 51.9 Å². The maximum absolute atomic E-state index is 11.8. The highest BCUT2D eigenvalue weighted by Gasteiger charge is 2.11. The lowest BCUT2D eigenvalue weighted by Crippen LogP contribution is -2.09. The van der Waals surface area contributed by atoms with E-state index >= 15 is 0 Å². The zero-order valence-corrected chi connectivity index (χ0v) is 12.0. The maximum atomic E-state index is 11.8. The molecular formula is C16H30O2. The SMILES string of the molecule is CC1CCCCCCCCC(O)CCCC(=O)C1. The molecule has 2 heteroatoms. The van der Waals surface area contributed by atoms with Gasteiger partial charge >= 0.3 is 0 Å². The Hall–Kier alpha value is -0.370. The average Bonchev–Trinajstić information content (AvgIpc) is 2.31. The Bertz CT molecular complexity index is 225. The van der Waals surface area contributed by atoms with Crippen LogP contribution in [0, 0.1) is 5.92 Å². The van der Waals surface area contributed by atoms with Gasteiger partial charge in [0, 0.05) is 12.8 Å². The second kappa shape index (κ2) is 9.55. The Morgan fingerprint density at radius 3 is 2.17 bits per heavy atom. The smallest absolute Gasteiger partial charge is 0.133 e. The molecule has 2 nitrogen and oxygen atoms in total. The summed E-state index contributed by atoms with van der Waals surface area (Å²) in [5.41, 5.74) is 0. The first-order valence-electron chi connectivity index (χ1n) is 7.88. The van der Waals surface area contributed by atoms with Crippen LogP contribution in [0.25, 0.3) is 0 Å². The molecule has 2 atom stereocenters. The Labute approximate surface area is 112 Å². The van der Waals surface area contributed by atoms with E-state index in [1.807, 2.05) is 0 Å². The van der Waals surface area contributed by atoms with Crippen LogP contribution >= 0.6 is 0 Å². The molecule has 1 N–H and O–H groups in total. The summed E-state index contributed by atoms with van der Waals surface area (Å²) in [6, 6.07) is 0. The van der Waals surface area contributed by atoms with E-state index in [-0.39, 0.29) is 6.10 Å². The fourth-order valence-corrected chi connectivity index (χ4v) is 2.85. The van der Waals surface area contributed by atoms with Crippen molar-refractivity contribution in [3.8, 4) is 0 Å². The first kappa shape index (κ1) is 15.7. The van der Waals surface area contributed by atoms with Crippen molar-refractivity contribution in [1.29, 1.82) is 0 Å². The van der Waals surface area contributed by atoms with Crippen LogP contribution in [0.4, 0.5) is 0 Å². The van der Waals surface area contributed by atoms with Crippen molar-refractivity contribution in [3.05, 3.63) is 0 Å².